The second kappa shape index (κ2) is 12.6. The first kappa shape index (κ1) is 35.8. The number of nitrogens with zero attached hydrogens (tertiary/aromatic N) is 4. The van der Waals surface area contributed by atoms with Crippen LogP contribution in [0, 0.1) is 0 Å². The smallest absolute Gasteiger partial charge is 0.426 e. The number of amides is 2. The molecule has 252 valence electrons. The molecule has 0 saturated carbocycles. The van der Waals surface area contributed by atoms with E-state index in [0.29, 0.717) is 6.07 Å². The number of carbonyl (C=O) groups excluding carboxylic acids is 2. The quantitative estimate of drug-likeness (QED) is 0.321. The van der Waals surface area contributed by atoms with Crippen molar-refractivity contribution in [2.45, 2.75) is 122 Å². The van der Waals surface area contributed by atoms with Crippen molar-refractivity contribution in [3.05, 3.63) is 17.5 Å². The van der Waals surface area contributed by atoms with Crippen LogP contribution in [0.3, 0.4) is 0 Å². The number of fused-ring (bicyclic) bond motifs is 5. The molecular weight excluding hydrogens is 618 g/mol. The number of alkyl halides is 6. The highest BCUT2D eigenvalue weighted by Crippen LogP contribution is 2.46. The molecule has 3 heterocycles. The molecule has 17 heteroatoms. The van der Waals surface area contributed by atoms with Crippen molar-refractivity contribution in [2.75, 3.05) is 4.90 Å². The van der Waals surface area contributed by atoms with Crippen LogP contribution >= 0.6 is 0 Å². The summed E-state index contributed by atoms with van der Waals surface area (Å²) >= 11 is 0. The Labute approximate surface area is 255 Å². The van der Waals surface area contributed by atoms with Crippen molar-refractivity contribution >= 4 is 17.9 Å². The number of hydrogen-bond acceptors (Lipinski definition) is 10. The van der Waals surface area contributed by atoms with E-state index in [9.17, 15) is 41.0 Å². The Morgan fingerprint density at radius 1 is 0.978 bits per heavy atom. The highest BCUT2D eigenvalue weighted by molar-refractivity contribution is 6.11. The molecule has 2 aromatic rings. The van der Waals surface area contributed by atoms with Gasteiger partial charge in [0.1, 0.15) is 22.9 Å². The fourth-order valence-corrected chi connectivity index (χ4v) is 4.28. The predicted molar refractivity (Wildman–Crippen MR) is 145 cm³/mol. The Balaban J connectivity index is 2.43. The van der Waals surface area contributed by atoms with Gasteiger partial charge in [-0.3, -0.25) is 0 Å². The highest BCUT2D eigenvalue weighted by atomic mass is 19.4. The van der Waals surface area contributed by atoms with E-state index in [1.54, 1.807) is 6.92 Å². The van der Waals surface area contributed by atoms with Crippen molar-refractivity contribution < 1.29 is 59.7 Å². The first-order chi connectivity index (χ1) is 20.5. The van der Waals surface area contributed by atoms with Gasteiger partial charge < -0.3 is 23.7 Å². The SMILES string of the molecule is CCC1CCCCC[C@](O)(C(F)(F)F)c2nnc(o2)-c2nc(c(C(F)(F)F)cc2N(C(=O)OC(C)(C)C)C(=O)OC(C)(C)C)O1. The number of ether oxygens (including phenoxy) is 3. The van der Waals surface area contributed by atoms with Gasteiger partial charge in [0.05, 0.1) is 5.69 Å². The van der Waals surface area contributed by atoms with Crippen molar-refractivity contribution in [2.24, 2.45) is 0 Å². The fourth-order valence-electron chi connectivity index (χ4n) is 4.28. The van der Waals surface area contributed by atoms with Crippen LogP contribution in [0.1, 0.15) is 98.4 Å². The van der Waals surface area contributed by atoms with Gasteiger partial charge in [0.2, 0.25) is 11.5 Å². The van der Waals surface area contributed by atoms with Crippen LogP contribution in [-0.2, 0) is 21.3 Å². The zero-order valence-electron chi connectivity index (χ0n) is 25.9. The van der Waals surface area contributed by atoms with Crippen LogP contribution in [0.15, 0.2) is 10.5 Å². The third-order valence-corrected chi connectivity index (χ3v) is 6.41. The van der Waals surface area contributed by atoms with Gasteiger partial charge in [0.25, 0.3) is 11.8 Å². The van der Waals surface area contributed by atoms with E-state index in [4.69, 9.17) is 18.6 Å². The third-order valence-electron chi connectivity index (χ3n) is 6.41. The minimum Gasteiger partial charge on any atom is -0.474 e. The van der Waals surface area contributed by atoms with Gasteiger partial charge in [-0.15, -0.1) is 10.2 Å². The number of aliphatic hydroxyl groups is 1. The second-order valence-electron chi connectivity index (χ2n) is 12.5. The standard InChI is InChI=1S/C28H36F6N4O7/c1-8-15-12-10-9-11-13-26(41,28(32,33)34)21-37-36-20(43-21)18-17(14-16(27(29,30)31)19(35-18)42-15)38(22(39)44-24(2,3)4)23(40)45-25(5,6)7/h14-15,41H,8-13H2,1-7H3/t15?,26-/m1/s1. The minimum absolute atomic E-state index is 0.0953. The van der Waals surface area contributed by atoms with Gasteiger partial charge in [0, 0.05) is 0 Å². The van der Waals surface area contributed by atoms with Crippen LogP contribution in [-0.4, -0.2) is 56.0 Å². The molecule has 45 heavy (non-hydrogen) atoms. The van der Waals surface area contributed by atoms with Gasteiger partial charge in [-0.1, -0.05) is 13.3 Å². The van der Waals surface area contributed by atoms with Gasteiger partial charge in [-0.25, -0.2) is 14.6 Å². The predicted octanol–water partition coefficient (Wildman–Crippen LogP) is 7.70. The van der Waals surface area contributed by atoms with Crippen molar-refractivity contribution in [3.8, 4) is 17.5 Å². The number of aromatic nitrogens is 3. The largest absolute Gasteiger partial charge is 0.474 e. The van der Waals surface area contributed by atoms with Crippen LogP contribution in [0.5, 0.6) is 5.88 Å². The molecule has 0 radical (unpaired) electrons. The lowest BCUT2D eigenvalue weighted by Crippen LogP contribution is -2.44. The molecule has 0 fully saturated rings. The molecule has 0 aromatic carbocycles. The average molecular weight is 655 g/mol. The van der Waals surface area contributed by atoms with Crippen LogP contribution in [0.4, 0.5) is 41.6 Å². The molecule has 2 atom stereocenters. The Kier molecular flexibility index (Phi) is 10.1. The monoisotopic (exact) mass is 654 g/mol. The van der Waals surface area contributed by atoms with Crippen LogP contribution in [0.2, 0.25) is 0 Å². The van der Waals surface area contributed by atoms with Gasteiger partial charge in [-0.2, -0.15) is 31.2 Å². The molecule has 1 aliphatic heterocycles. The Bertz CT molecular complexity index is 1350. The number of halogens is 6. The summed E-state index contributed by atoms with van der Waals surface area (Å²) in [5.74, 6) is -3.28. The Morgan fingerprint density at radius 3 is 2.04 bits per heavy atom. The Hall–Kier alpha value is -3.63. The van der Waals surface area contributed by atoms with Crippen LogP contribution in [0.25, 0.3) is 11.6 Å². The number of rotatable bonds is 2. The van der Waals surface area contributed by atoms with E-state index in [2.05, 4.69) is 15.2 Å². The zero-order valence-corrected chi connectivity index (χ0v) is 25.9. The number of anilines is 1. The minimum atomic E-state index is -5.29. The fraction of sp³-hybridized carbons (Fsp3) is 0.679. The van der Waals surface area contributed by atoms with E-state index in [1.807, 2.05) is 0 Å². The maximum Gasteiger partial charge on any atom is 0.426 e. The van der Waals surface area contributed by atoms with E-state index in [0.717, 1.165) is 0 Å². The lowest BCUT2D eigenvalue weighted by Gasteiger charge is -2.30. The topological polar surface area (TPSA) is 137 Å². The Morgan fingerprint density at radius 2 is 1.56 bits per heavy atom. The first-order valence-electron chi connectivity index (χ1n) is 14.2. The molecule has 3 rings (SSSR count). The summed E-state index contributed by atoms with van der Waals surface area (Å²) in [5, 5.41) is 17.6. The number of imide groups is 1. The zero-order chi connectivity index (χ0) is 34.2. The van der Waals surface area contributed by atoms with Crippen molar-refractivity contribution in [1.29, 1.82) is 0 Å². The van der Waals surface area contributed by atoms with Gasteiger partial charge in [-0.05, 0) is 79.7 Å². The summed E-state index contributed by atoms with van der Waals surface area (Å²) in [5.41, 5.74) is -9.49. The third kappa shape index (κ3) is 8.55. The molecule has 4 bridgehead atoms. The normalized spacial score (nSPS) is 20.1. The summed E-state index contributed by atoms with van der Waals surface area (Å²) in [6, 6.07) is 0.337. The first-order valence-corrected chi connectivity index (χ1v) is 14.2. The molecule has 2 amide bonds. The highest BCUT2D eigenvalue weighted by Gasteiger charge is 2.58. The molecule has 11 nitrogen and oxygen atoms in total. The van der Waals surface area contributed by atoms with E-state index in [1.165, 1.54) is 41.5 Å². The average Bonchev–Trinajstić information content (AvgIpc) is 3.34. The maximum absolute atomic E-state index is 14.5. The lowest BCUT2D eigenvalue weighted by molar-refractivity contribution is -0.277. The van der Waals surface area contributed by atoms with E-state index < -0.39 is 88.5 Å². The number of carbonyl (C=O) groups is 2. The van der Waals surface area contributed by atoms with Gasteiger partial charge >= 0.3 is 24.5 Å². The summed E-state index contributed by atoms with van der Waals surface area (Å²) < 4.78 is 107. The van der Waals surface area contributed by atoms with E-state index >= 15 is 0 Å². The molecule has 1 aliphatic rings. The summed E-state index contributed by atoms with van der Waals surface area (Å²) in [7, 11) is 0. The van der Waals surface area contributed by atoms with Gasteiger partial charge in [0.15, 0.2) is 5.69 Å². The molecule has 1 unspecified atom stereocenters. The maximum atomic E-state index is 14.5. The molecular formula is C28H36F6N4O7. The molecule has 0 aliphatic carbocycles. The van der Waals surface area contributed by atoms with E-state index in [-0.39, 0.29) is 37.0 Å². The molecule has 2 aromatic heterocycles. The molecule has 1 N–H and O–H groups in total. The van der Waals surface area contributed by atoms with Crippen molar-refractivity contribution in [1.82, 2.24) is 15.2 Å². The summed E-state index contributed by atoms with van der Waals surface area (Å²) in [4.78, 5) is 30.8. The number of hydrogen-bond donors (Lipinski definition) is 1. The molecule has 0 spiro atoms. The summed E-state index contributed by atoms with van der Waals surface area (Å²) in [6.07, 6.45) is -14.6. The number of pyridine rings is 1. The second-order valence-corrected chi connectivity index (χ2v) is 12.5. The molecule has 0 saturated heterocycles. The van der Waals surface area contributed by atoms with Crippen molar-refractivity contribution in [3.63, 3.8) is 0 Å². The summed E-state index contributed by atoms with van der Waals surface area (Å²) in [6.45, 7) is 10.2. The van der Waals surface area contributed by atoms with Crippen LogP contribution < -0.4 is 9.64 Å². The lowest BCUT2D eigenvalue weighted by atomic mass is 9.94.